The number of carbonyl (C=O) groups is 1. The molecular weight excluding hydrogens is 326 g/mol. The number of nitrogens with zero attached hydrogens (tertiary/aromatic N) is 1. The molecule has 0 unspecified atom stereocenters. The van der Waals surface area contributed by atoms with E-state index in [0.717, 1.165) is 10.6 Å². The Morgan fingerprint density at radius 1 is 1.00 bits per heavy atom. The van der Waals surface area contributed by atoms with Crippen molar-refractivity contribution >= 4 is 22.7 Å². The fourth-order valence-electron chi connectivity index (χ4n) is 3.90. The highest BCUT2D eigenvalue weighted by molar-refractivity contribution is 7.10. The van der Waals surface area contributed by atoms with E-state index in [2.05, 4.69) is 29.8 Å². The molecule has 0 N–H and O–H groups in total. The lowest BCUT2D eigenvalue weighted by molar-refractivity contribution is 0.105. The molecule has 0 spiro atoms. The molecular formula is C22H25NOS. The van der Waals surface area contributed by atoms with Gasteiger partial charge in [0.2, 0.25) is 5.78 Å². The molecule has 2 nitrogen and oxygen atoms in total. The van der Waals surface area contributed by atoms with E-state index in [0.29, 0.717) is 23.1 Å². The van der Waals surface area contributed by atoms with Crippen LogP contribution in [0.2, 0.25) is 0 Å². The summed E-state index contributed by atoms with van der Waals surface area (Å²) in [4.78, 5) is 17.5. The lowest BCUT2D eigenvalue weighted by Crippen LogP contribution is -2.07. The zero-order valence-corrected chi connectivity index (χ0v) is 15.5. The second-order valence-corrected chi connectivity index (χ2v) is 8.32. The van der Waals surface area contributed by atoms with Gasteiger partial charge in [0.25, 0.3) is 0 Å². The van der Waals surface area contributed by atoms with Crippen LogP contribution in [0, 0.1) is 0 Å². The summed E-state index contributed by atoms with van der Waals surface area (Å²) in [5, 5.41) is 3.03. The van der Waals surface area contributed by atoms with E-state index in [1.165, 1.54) is 56.9 Å². The molecule has 2 aliphatic rings. The summed E-state index contributed by atoms with van der Waals surface area (Å²) in [7, 11) is 0. The van der Waals surface area contributed by atoms with Gasteiger partial charge in [0, 0.05) is 16.9 Å². The van der Waals surface area contributed by atoms with Crippen molar-refractivity contribution in [2.45, 2.75) is 63.2 Å². The van der Waals surface area contributed by atoms with Gasteiger partial charge in [-0.3, -0.25) is 4.79 Å². The van der Waals surface area contributed by atoms with Crippen molar-refractivity contribution < 1.29 is 4.79 Å². The highest BCUT2D eigenvalue weighted by atomic mass is 32.1. The van der Waals surface area contributed by atoms with Crippen LogP contribution in [0.4, 0.5) is 0 Å². The molecule has 1 heterocycles. The number of allylic oxidation sites excluding steroid dienone is 1. The van der Waals surface area contributed by atoms with Crippen molar-refractivity contribution in [2.75, 3.05) is 0 Å². The van der Waals surface area contributed by atoms with E-state index >= 15 is 0 Å². The fourth-order valence-corrected chi connectivity index (χ4v) is 4.88. The monoisotopic (exact) mass is 351 g/mol. The smallest absolute Gasteiger partial charge is 0.212 e. The summed E-state index contributed by atoms with van der Waals surface area (Å²) in [6.07, 6.45) is 10.1. The van der Waals surface area contributed by atoms with E-state index in [-0.39, 0.29) is 5.78 Å². The number of rotatable bonds is 5. The van der Waals surface area contributed by atoms with Crippen LogP contribution in [0.25, 0.3) is 5.57 Å². The van der Waals surface area contributed by atoms with Gasteiger partial charge in [-0.1, -0.05) is 56.5 Å². The van der Waals surface area contributed by atoms with Crippen LogP contribution in [-0.2, 0) is 0 Å². The lowest BCUT2D eigenvalue weighted by atomic mass is 9.85. The minimum Gasteiger partial charge on any atom is -0.287 e. The van der Waals surface area contributed by atoms with Crippen molar-refractivity contribution in [1.82, 2.24) is 4.98 Å². The second kappa shape index (κ2) is 7.25. The Morgan fingerprint density at radius 2 is 1.72 bits per heavy atom. The van der Waals surface area contributed by atoms with Gasteiger partial charge in [0.1, 0.15) is 5.69 Å². The summed E-state index contributed by atoms with van der Waals surface area (Å²) in [5.74, 6) is 1.14. The van der Waals surface area contributed by atoms with Gasteiger partial charge in [-0.2, -0.15) is 0 Å². The van der Waals surface area contributed by atoms with E-state index in [1.54, 1.807) is 11.3 Å². The van der Waals surface area contributed by atoms with Crippen LogP contribution in [0.3, 0.4) is 0 Å². The number of aromatic nitrogens is 1. The van der Waals surface area contributed by atoms with Crippen molar-refractivity contribution in [3.05, 3.63) is 58.1 Å². The maximum absolute atomic E-state index is 12.9. The number of hydrogen-bond donors (Lipinski definition) is 0. The summed E-state index contributed by atoms with van der Waals surface area (Å²) in [5.41, 5.74) is 3.51. The van der Waals surface area contributed by atoms with Gasteiger partial charge in [-0.25, -0.2) is 4.98 Å². The minimum atomic E-state index is -0.00998. The first-order valence-electron chi connectivity index (χ1n) is 9.52. The third-order valence-electron chi connectivity index (χ3n) is 5.54. The van der Waals surface area contributed by atoms with E-state index in [4.69, 9.17) is 0 Å². The second-order valence-electron chi connectivity index (χ2n) is 7.43. The molecule has 0 radical (unpaired) electrons. The molecule has 3 heteroatoms. The minimum absolute atomic E-state index is 0.00998. The third kappa shape index (κ3) is 3.62. The van der Waals surface area contributed by atoms with E-state index < -0.39 is 0 Å². The zero-order valence-electron chi connectivity index (χ0n) is 14.7. The molecule has 130 valence electrons. The third-order valence-corrected chi connectivity index (χ3v) is 6.54. The molecule has 0 bridgehead atoms. The topological polar surface area (TPSA) is 30.0 Å². The highest BCUT2D eigenvalue weighted by Crippen LogP contribution is 2.42. The lowest BCUT2D eigenvalue weighted by Gasteiger charge is -2.19. The Balaban J connectivity index is 1.59. The van der Waals surface area contributed by atoms with Crippen molar-refractivity contribution in [1.29, 1.82) is 0 Å². The number of carbonyl (C=O) groups excluding carboxylic acids is 1. The molecule has 0 aliphatic heterocycles. The maximum Gasteiger partial charge on any atom is 0.212 e. The number of hydrogen-bond acceptors (Lipinski definition) is 3. The summed E-state index contributed by atoms with van der Waals surface area (Å²) in [6.45, 7) is 4.17. The van der Waals surface area contributed by atoms with Crippen LogP contribution in [0.5, 0.6) is 0 Å². The first kappa shape index (κ1) is 16.7. The Hall–Kier alpha value is -1.74. The highest BCUT2D eigenvalue weighted by Gasteiger charge is 2.28. The normalized spacial score (nSPS) is 18.7. The Morgan fingerprint density at radius 3 is 2.44 bits per heavy atom. The van der Waals surface area contributed by atoms with Crippen LogP contribution < -0.4 is 0 Å². The average molecular weight is 352 g/mol. The predicted molar refractivity (Wildman–Crippen MR) is 104 cm³/mol. The molecule has 2 aromatic rings. The Labute approximate surface area is 154 Å². The largest absolute Gasteiger partial charge is 0.287 e. The van der Waals surface area contributed by atoms with Gasteiger partial charge < -0.3 is 0 Å². The van der Waals surface area contributed by atoms with E-state index in [1.807, 2.05) is 11.4 Å². The van der Waals surface area contributed by atoms with Crippen molar-refractivity contribution in [3.63, 3.8) is 0 Å². The van der Waals surface area contributed by atoms with E-state index in [9.17, 15) is 4.79 Å². The molecule has 0 amide bonds. The zero-order chi connectivity index (χ0) is 17.2. The van der Waals surface area contributed by atoms with Crippen LogP contribution in [-0.4, -0.2) is 10.8 Å². The van der Waals surface area contributed by atoms with Gasteiger partial charge >= 0.3 is 0 Å². The molecule has 0 saturated heterocycles. The molecule has 25 heavy (non-hydrogen) atoms. The van der Waals surface area contributed by atoms with Gasteiger partial charge in [-0.05, 0) is 42.7 Å². The maximum atomic E-state index is 12.9. The molecule has 4 rings (SSSR count). The van der Waals surface area contributed by atoms with Crippen molar-refractivity contribution in [3.8, 4) is 0 Å². The van der Waals surface area contributed by atoms with Crippen LogP contribution >= 0.6 is 11.3 Å². The summed E-state index contributed by atoms with van der Waals surface area (Å²) < 4.78 is 0. The molecule has 1 aromatic heterocycles. The molecule has 2 fully saturated rings. The standard InChI is InChI=1S/C22H25NOS/c1-15(21(24)20-14-25-22(23-20)17-12-13-17)18-10-6-7-11-19(18)16-8-4-2-3-5-9-16/h6-7,10-11,14,16-17H,1-5,8-9,12-13H2. The average Bonchev–Trinajstić information content (AvgIpc) is 3.44. The molecule has 1 aromatic carbocycles. The van der Waals surface area contributed by atoms with Gasteiger partial charge in [0.15, 0.2) is 0 Å². The molecule has 2 aliphatic carbocycles. The van der Waals surface area contributed by atoms with Crippen LogP contribution in [0.1, 0.15) is 89.8 Å². The first-order valence-corrected chi connectivity index (χ1v) is 10.4. The fraction of sp³-hybridized carbons (Fsp3) is 0.455. The summed E-state index contributed by atoms with van der Waals surface area (Å²) >= 11 is 1.62. The Bertz CT molecular complexity index is 779. The molecule has 0 atom stereocenters. The molecule has 2 saturated carbocycles. The quantitative estimate of drug-likeness (QED) is 0.357. The van der Waals surface area contributed by atoms with Gasteiger partial charge in [0.05, 0.1) is 5.01 Å². The number of ketones is 1. The SMILES string of the molecule is C=C(C(=O)c1csc(C2CC2)n1)c1ccccc1C1CCCCCC1. The Kier molecular flexibility index (Phi) is 4.85. The number of Topliss-reactive ketones (excluding diaryl/α,β-unsaturated/α-hetero) is 1. The van der Waals surface area contributed by atoms with Gasteiger partial charge in [-0.15, -0.1) is 11.3 Å². The predicted octanol–water partition coefficient (Wildman–Crippen LogP) is 6.35. The van der Waals surface area contributed by atoms with Crippen molar-refractivity contribution in [2.24, 2.45) is 0 Å². The first-order chi connectivity index (χ1) is 12.2. The van der Waals surface area contributed by atoms with Crippen LogP contribution in [0.15, 0.2) is 36.2 Å². The number of thiazole rings is 1. The number of benzene rings is 1. The summed E-state index contributed by atoms with van der Waals surface area (Å²) in [6, 6.07) is 8.37.